The van der Waals surface area contributed by atoms with E-state index in [1.54, 1.807) is 0 Å². The van der Waals surface area contributed by atoms with Crippen molar-refractivity contribution in [1.29, 1.82) is 0 Å². The number of nitrogens with zero attached hydrogens (tertiary/aromatic N) is 2. The molecule has 0 amide bonds. The smallest absolute Gasteiger partial charge is 0.0948 e. The molecule has 0 fully saturated rings. The molecular formula is C10H19N3. The Kier molecular flexibility index (Phi) is 3.96. The van der Waals surface area contributed by atoms with Crippen LogP contribution in [-0.2, 0) is 13.1 Å². The molecule has 1 aromatic rings. The molecule has 3 nitrogen and oxygen atoms in total. The molecule has 1 atom stereocenters. The monoisotopic (exact) mass is 181 g/mol. The highest BCUT2D eigenvalue weighted by Crippen LogP contribution is 2.07. The Labute approximate surface area is 80.2 Å². The molecule has 0 spiro atoms. The van der Waals surface area contributed by atoms with Gasteiger partial charge in [0.2, 0.25) is 0 Å². The van der Waals surface area contributed by atoms with Crippen LogP contribution in [-0.4, -0.2) is 16.6 Å². The highest BCUT2D eigenvalue weighted by molar-refractivity contribution is 4.97. The van der Waals surface area contributed by atoms with E-state index in [-0.39, 0.29) is 0 Å². The summed E-state index contributed by atoms with van der Waals surface area (Å²) in [5.41, 5.74) is 1.27. The zero-order valence-electron chi connectivity index (χ0n) is 8.75. The first-order valence-electron chi connectivity index (χ1n) is 4.91. The lowest BCUT2D eigenvalue weighted by Gasteiger charge is -2.12. The number of nitrogens with one attached hydrogen (secondary N) is 1. The van der Waals surface area contributed by atoms with Crippen LogP contribution in [0.3, 0.4) is 0 Å². The topological polar surface area (TPSA) is 29.9 Å². The summed E-state index contributed by atoms with van der Waals surface area (Å²) in [6.45, 7) is 6.46. The molecule has 1 aromatic heterocycles. The van der Waals surface area contributed by atoms with Gasteiger partial charge in [-0.05, 0) is 13.0 Å². The lowest BCUT2D eigenvalue weighted by atomic mass is 10.1. The fourth-order valence-corrected chi connectivity index (χ4v) is 1.31. The molecule has 1 unspecified atom stereocenters. The van der Waals surface area contributed by atoms with Crippen molar-refractivity contribution >= 4 is 0 Å². The molecule has 0 aliphatic heterocycles. The van der Waals surface area contributed by atoms with E-state index in [9.17, 15) is 0 Å². The van der Waals surface area contributed by atoms with E-state index < -0.39 is 0 Å². The van der Waals surface area contributed by atoms with Crippen LogP contribution < -0.4 is 5.32 Å². The van der Waals surface area contributed by atoms with Crippen molar-refractivity contribution in [3.05, 3.63) is 18.2 Å². The van der Waals surface area contributed by atoms with E-state index in [2.05, 4.69) is 28.7 Å². The Morgan fingerprint density at radius 2 is 2.38 bits per heavy atom. The zero-order chi connectivity index (χ0) is 9.68. The van der Waals surface area contributed by atoms with Crippen molar-refractivity contribution in [1.82, 2.24) is 14.9 Å². The van der Waals surface area contributed by atoms with Gasteiger partial charge < -0.3 is 9.88 Å². The number of imidazole rings is 1. The minimum absolute atomic E-state index is 0.727. The van der Waals surface area contributed by atoms with E-state index >= 15 is 0 Å². The van der Waals surface area contributed by atoms with Crippen LogP contribution in [0.5, 0.6) is 0 Å². The Morgan fingerprint density at radius 1 is 1.62 bits per heavy atom. The Morgan fingerprint density at radius 3 is 3.00 bits per heavy atom. The molecule has 74 valence electrons. The predicted molar refractivity (Wildman–Crippen MR) is 54.4 cm³/mol. The van der Waals surface area contributed by atoms with Gasteiger partial charge in [-0.2, -0.15) is 0 Å². The van der Waals surface area contributed by atoms with Crippen molar-refractivity contribution in [3.8, 4) is 0 Å². The van der Waals surface area contributed by atoms with Gasteiger partial charge in [0.05, 0.1) is 12.0 Å². The molecule has 0 aliphatic carbocycles. The van der Waals surface area contributed by atoms with Crippen LogP contribution >= 0.6 is 0 Å². The first-order valence-corrected chi connectivity index (χ1v) is 4.91. The van der Waals surface area contributed by atoms with Gasteiger partial charge in [-0.15, -0.1) is 0 Å². The number of aromatic nitrogens is 2. The number of rotatable bonds is 5. The van der Waals surface area contributed by atoms with Gasteiger partial charge in [-0.3, -0.25) is 0 Å². The molecule has 0 saturated heterocycles. The third-order valence-electron chi connectivity index (χ3n) is 2.36. The highest BCUT2D eigenvalue weighted by Gasteiger charge is 2.04. The summed E-state index contributed by atoms with van der Waals surface area (Å²) in [5.74, 6) is 0.727. The van der Waals surface area contributed by atoms with Gasteiger partial charge in [0.15, 0.2) is 0 Å². The molecule has 0 saturated carbocycles. The number of hydrogen-bond donors (Lipinski definition) is 1. The molecule has 0 aliphatic rings. The predicted octanol–water partition coefficient (Wildman–Crippen LogP) is 1.65. The molecule has 0 radical (unpaired) electrons. The summed E-state index contributed by atoms with van der Waals surface area (Å²) in [5, 5.41) is 3.14. The van der Waals surface area contributed by atoms with Crippen molar-refractivity contribution < 1.29 is 0 Å². The molecule has 13 heavy (non-hydrogen) atoms. The first-order chi connectivity index (χ1) is 6.27. The van der Waals surface area contributed by atoms with Gasteiger partial charge in [0.1, 0.15) is 0 Å². The van der Waals surface area contributed by atoms with Gasteiger partial charge >= 0.3 is 0 Å². The minimum atomic E-state index is 0.727. The Balaban J connectivity index is 2.59. The van der Waals surface area contributed by atoms with Crippen molar-refractivity contribution in [2.24, 2.45) is 5.92 Å². The molecule has 1 N–H and O–H groups in total. The van der Waals surface area contributed by atoms with E-state index in [4.69, 9.17) is 0 Å². The second-order valence-corrected chi connectivity index (χ2v) is 3.58. The van der Waals surface area contributed by atoms with Gasteiger partial charge in [0.25, 0.3) is 0 Å². The summed E-state index contributed by atoms with van der Waals surface area (Å²) in [4.78, 5) is 4.15. The Hall–Kier alpha value is -0.830. The van der Waals surface area contributed by atoms with Crippen LogP contribution in [0.1, 0.15) is 26.0 Å². The van der Waals surface area contributed by atoms with E-state index in [1.807, 2.05) is 19.6 Å². The second kappa shape index (κ2) is 5.02. The zero-order valence-corrected chi connectivity index (χ0v) is 8.75. The fraction of sp³-hybridized carbons (Fsp3) is 0.700. The largest absolute Gasteiger partial charge is 0.333 e. The van der Waals surface area contributed by atoms with Crippen molar-refractivity contribution in [3.63, 3.8) is 0 Å². The standard InChI is InChI=1S/C10H19N3/c1-4-9(2)7-13-8-12-6-10(13)5-11-3/h6,8-9,11H,4-5,7H2,1-3H3. The molecule has 1 rings (SSSR count). The maximum Gasteiger partial charge on any atom is 0.0948 e. The molecule has 3 heteroatoms. The van der Waals surface area contributed by atoms with Gasteiger partial charge in [-0.25, -0.2) is 4.98 Å². The van der Waals surface area contributed by atoms with E-state index in [0.717, 1.165) is 19.0 Å². The quantitative estimate of drug-likeness (QED) is 0.748. The summed E-state index contributed by atoms with van der Waals surface area (Å²) in [6, 6.07) is 0. The van der Waals surface area contributed by atoms with Crippen LogP contribution in [0.4, 0.5) is 0 Å². The summed E-state index contributed by atoms with van der Waals surface area (Å²) in [7, 11) is 1.96. The van der Waals surface area contributed by atoms with Gasteiger partial charge in [-0.1, -0.05) is 20.3 Å². The average molecular weight is 181 g/mol. The fourth-order valence-electron chi connectivity index (χ4n) is 1.31. The third kappa shape index (κ3) is 2.84. The van der Waals surface area contributed by atoms with Crippen molar-refractivity contribution in [2.45, 2.75) is 33.4 Å². The molecule has 0 bridgehead atoms. The van der Waals surface area contributed by atoms with E-state index in [0.29, 0.717) is 0 Å². The third-order valence-corrected chi connectivity index (χ3v) is 2.36. The SMILES string of the molecule is CCC(C)Cn1cncc1CNC. The van der Waals surface area contributed by atoms with Crippen molar-refractivity contribution in [2.75, 3.05) is 7.05 Å². The average Bonchev–Trinajstić information content (AvgIpc) is 2.54. The summed E-state index contributed by atoms with van der Waals surface area (Å²) >= 11 is 0. The molecule has 0 aromatic carbocycles. The first kappa shape index (κ1) is 10.3. The molecule has 1 heterocycles. The normalized spacial score (nSPS) is 13.2. The maximum atomic E-state index is 4.15. The Bertz CT molecular complexity index is 242. The minimum Gasteiger partial charge on any atom is -0.333 e. The van der Waals surface area contributed by atoms with E-state index in [1.165, 1.54) is 12.1 Å². The van der Waals surface area contributed by atoms with Crippen LogP contribution in [0.15, 0.2) is 12.5 Å². The van der Waals surface area contributed by atoms with Crippen LogP contribution in [0.2, 0.25) is 0 Å². The lowest BCUT2D eigenvalue weighted by molar-refractivity contribution is 0.456. The van der Waals surface area contributed by atoms with Crippen LogP contribution in [0.25, 0.3) is 0 Å². The van der Waals surface area contributed by atoms with Gasteiger partial charge in [0, 0.05) is 19.3 Å². The highest BCUT2D eigenvalue weighted by atomic mass is 15.1. The maximum absolute atomic E-state index is 4.15. The lowest BCUT2D eigenvalue weighted by Crippen LogP contribution is -2.13. The molecular weight excluding hydrogens is 162 g/mol. The van der Waals surface area contributed by atoms with Crippen LogP contribution in [0, 0.1) is 5.92 Å². The summed E-state index contributed by atoms with van der Waals surface area (Å²) < 4.78 is 2.23. The summed E-state index contributed by atoms with van der Waals surface area (Å²) in [6.07, 6.45) is 5.06. The second-order valence-electron chi connectivity index (χ2n) is 3.58. The number of hydrogen-bond acceptors (Lipinski definition) is 2.